The first kappa shape index (κ1) is 11.0. The van der Waals surface area contributed by atoms with Crippen LogP contribution in [0.4, 0.5) is 5.82 Å². The lowest BCUT2D eigenvalue weighted by molar-refractivity contribution is -0.392. The first-order chi connectivity index (χ1) is 6.66. The molecule has 1 N–H and O–H groups in total. The van der Waals surface area contributed by atoms with E-state index in [1.807, 2.05) is 0 Å². The molecule has 0 aromatic carbocycles. The standard InChI is InChI=1S/C7H11N3O3S/c1-6-8-4-7(10(12)13)9(6)2-3-14-5-11/h4,11H,2-3,5H2,1H3. The summed E-state index contributed by atoms with van der Waals surface area (Å²) in [6.45, 7) is 2.21. The zero-order valence-corrected chi connectivity index (χ0v) is 8.53. The topological polar surface area (TPSA) is 81.2 Å². The van der Waals surface area contributed by atoms with Crippen LogP contribution in [0.1, 0.15) is 5.82 Å². The van der Waals surface area contributed by atoms with E-state index in [2.05, 4.69) is 4.98 Å². The van der Waals surface area contributed by atoms with Gasteiger partial charge in [0.1, 0.15) is 12.7 Å². The van der Waals surface area contributed by atoms with Gasteiger partial charge < -0.3 is 15.2 Å². The molecule has 0 aliphatic heterocycles. The fourth-order valence-corrected chi connectivity index (χ4v) is 1.54. The third kappa shape index (κ3) is 2.46. The number of thioether (sulfide) groups is 1. The van der Waals surface area contributed by atoms with E-state index < -0.39 is 4.92 Å². The molecule has 0 aliphatic carbocycles. The maximum Gasteiger partial charge on any atom is 0.342 e. The van der Waals surface area contributed by atoms with Gasteiger partial charge in [0.05, 0.1) is 5.94 Å². The fourth-order valence-electron chi connectivity index (χ4n) is 1.10. The number of rotatable bonds is 5. The Labute approximate surface area is 85.1 Å². The molecule has 0 atom stereocenters. The highest BCUT2D eigenvalue weighted by Crippen LogP contribution is 2.14. The summed E-state index contributed by atoms with van der Waals surface area (Å²) < 4.78 is 1.53. The molecular weight excluding hydrogens is 206 g/mol. The van der Waals surface area contributed by atoms with Crippen LogP contribution in [0.5, 0.6) is 0 Å². The molecule has 78 valence electrons. The summed E-state index contributed by atoms with van der Waals surface area (Å²) in [5, 5.41) is 19.1. The summed E-state index contributed by atoms with van der Waals surface area (Å²) in [7, 11) is 0. The van der Waals surface area contributed by atoms with Crippen molar-refractivity contribution in [2.75, 3.05) is 11.7 Å². The SMILES string of the molecule is Cc1ncc([N+](=O)[O-])n1CCSCO. The molecule has 0 spiro atoms. The van der Waals surface area contributed by atoms with Gasteiger partial charge in [0.15, 0.2) is 5.82 Å². The number of nitrogens with zero attached hydrogens (tertiary/aromatic N) is 3. The number of imidazole rings is 1. The normalized spacial score (nSPS) is 10.4. The van der Waals surface area contributed by atoms with Crippen molar-refractivity contribution >= 4 is 17.6 Å². The van der Waals surface area contributed by atoms with Crippen molar-refractivity contribution in [3.8, 4) is 0 Å². The minimum atomic E-state index is -0.455. The lowest BCUT2D eigenvalue weighted by atomic mass is 10.6. The summed E-state index contributed by atoms with van der Waals surface area (Å²) >= 11 is 1.32. The zero-order chi connectivity index (χ0) is 10.6. The Morgan fingerprint density at radius 3 is 3.07 bits per heavy atom. The van der Waals surface area contributed by atoms with E-state index in [0.717, 1.165) is 0 Å². The van der Waals surface area contributed by atoms with E-state index in [-0.39, 0.29) is 11.8 Å². The van der Waals surface area contributed by atoms with Gasteiger partial charge >= 0.3 is 5.82 Å². The lowest BCUT2D eigenvalue weighted by Crippen LogP contribution is -2.06. The molecule has 0 fully saturated rings. The molecule has 0 saturated heterocycles. The minimum absolute atomic E-state index is 0.000963. The highest BCUT2D eigenvalue weighted by molar-refractivity contribution is 7.99. The Hall–Kier alpha value is -1.08. The highest BCUT2D eigenvalue weighted by atomic mass is 32.2. The van der Waals surface area contributed by atoms with Crippen molar-refractivity contribution in [1.82, 2.24) is 9.55 Å². The quantitative estimate of drug-likeness (QED) is 0.341. The largest absolute Gasteiger partial charge is 0.386 e. The fraction of sp³-hybridized carbons (Fsp3) is 0.571. The van der Waals surface area contributed by atoms with Gasteiger partial charge in [-0.2, -0.15) is 0 Å². The van der Waals surface area contributed by atoms with E-state index in [1.54, 1.807) is 6.92 Å². The summed E-state index contributed by atoms with van der Waals surface area (Å²) in [6, 6.07) is 0. The summed E-state index contributed by atoms with van der Waals surface area (Å²) in [6.07, 6.45) is 1.25. The van der Waals surface area contributed by atoms with Gasteiger partial charge in [-0.3, -0.25) is 0 Å². The van der Waals surface area contributed by atoms with Crippen molar-refractivity contribution in [2.45, 2.75) is 13.5 Å². The molecule has 0 radical (unpaired) electrons. The van der Waals surface area contributed by atoms with Crippen molar-refractivity contribution in [1.29, 1.82) is 0 Å². The Balaban J connectivity index is 2.72. The molecule has 14 heavy (non-hydrogen) atoms. The van der Waals surface area contributed by atoms with Gasteiger partial charge in [-0.1, -0.05) is 0 Å². The maximum atomic E-state index is 10.6. The summed E-state index contributed by atoms with van der Waals surface area (Å²) in [5.41, 5.74) is 0. The Bertz CT molecular complexity index is 326. The average molecular weight is 217 g/mol. The molecule has 1 aromatic rings. The third-order valence-corrected chi connectivity index (χ3v) is 2.43. The van der Waals surface area contributed by atoms with Crippen LogP contribution in [0.3, 0.4) is 0 Å². The van der Waals surface area contributed by atoms with E-state index in [0.29, 0.717) is 18.1 Å². The minimum Gasteiger partial charge on any atom is -0.386 e. The van der Waals surface area contributed by atoms with E-state index in [9.17, 15) is 10.1 Å². The van der Waals surface area contributed by atoms with Crippen molar-refractivity contribution in [2.24, 2.45) is 0 Å². The van der Waals surface area contributed by atoms with Crippen LogP contribution in [-0.2, 0) is 6.54 Å². The number of aliphatic hydroxyl groups excluding tert-OH is 1. The molecule has 0 aliphatic rings. The molecule has 0 unspecified atom stereocenters. The van der Waals surface area contributed by atoms with E-state index in [1.165, 1.54) is 22.5 Å². The third-order valence-electron chi connectivity index (χ3n) is 1.77. The molecule has 0 saturated carbocycles. The van der Waals surface area contributed by atoms with Gasteiger partial charge in [0.25, 0.3) is 0 Å². The molecule has 1 heterocycles. The molecular formula is C7H11N3O3S. The van der Waals surface area contributed by atoms with Crippen LogP contribution < -0.4 is 0 Å². The number of hydrogen-bond donors (Lipinski definition) is 1. The van der Waals surface area contributed by atoms with Gasteiger partial charge in [0, 0.05) is 12.7 Å². The Morgan fingerprint density at radius 1 is 1.79 bits per heavy atom. The van der Waals surface area contributed by atoms with Gasteiger partial charge in [-0.05, 0) is 4.92 Å². The van der Waals surface area contributed by atoms with Gasteiger partial charge in [-0.15, -0.1) is 11.8 Å². The second-order valence-electron chi connectivity index (χ2n) is 2.61. The van der Waals surface area contributed by atoms with Crippen LogP contribution in [0, 0.1) is 17.0 Å². The van der Waals surface area contributed by atoms with Crippen LogP contribution in [0.25, 0.3) is 0 Å². The van der Waals surface area contributed by atoms with Crippen LogP contribution in [-0.4, -0.2) is 31.3 Å². The van der Waals surface area contributed by atoms with E-state index >= 15 is 0 Å². The maximum absolute atomic E-state index is 10.6. The number of nitro groups is 1. The van der Waals surface area contributed by atoms with Crippen molar-refractivity contribution in [3.05, 3.63) is 22.1 Å². The summed E-state index contributed by atoms with van der Waals surface area (Å²) in [5.74, 6) is 1.28. The molecule has 0 amide bonds. The Morgan fingerprint density at radius 2 is 2.50 bits per heavy atom. The predicted molar refractivity (Wildman–Crippen MR) is 53.2 cm³/mol. The van der Waals surface area contributed by atoms with E-state index in [4.69, 9.17) is 5.11 Å². The first-order valence-electron chi connectivity index (χ1n) is 4.02. The van der Waals surface area contributed by atoms with Crippen LogP contribution in [0.2, 0.25) is 0 Å². The highest BCUT2D eigenvalue weighted by Gasteiger charge is 2.16. The number of hydrogen-bond acceptors (Lipinski definition) is 5. The molecule has 0 bridgehead atoms. The molecule has 1 aromatic heterocycles. The first-order valence-corrected chi connectivity index (χ1v) is 5.17. The van der Waals surface area contributed by atoms with Crippen LogP contribution >= 0.6 is 11.8 Å². The molecule has 7 heteroatoms. The second kappa shape index (κ2) is 4.97. The number of aryl methyl sites for hydroxylation is 1. The monoisotopic (exact) mass is 217 g/mol. The summed E-state index contributed by atoms with van der Waals surface area (Å²) in [4.78, 5) is 14.0. The average Bonchev–Trinajstić information content (AvgIpc) is 2.48. The second-order valence-corrected chi connectivity index (χ2v) is 3.68. The number of aliphatic hydroxyl groups is 1. The molecule has 1 rings (SSSR count). The smallest absolute Gasteiger partial charge is 0.342 e. The van der Waals surface area contributed by atoms with Gasteiger partial charge in [-0.25, -0.2) is 9.55 Å². The Kier molecular flexibility index (Phi) is 3.90. The van der Waals surface area contributed by atoms with Crippen molar-refractivity contribution in [3.63, 3.8) is 0 Å². The van der Waals surface area contributed by atoms with Crippen LogP contribution in [0.15, 0.2) is 6.20 Å². The zero-order valence-electron chi connectivity index (χ0n) is 7.71. The number of aromatic nitrogens is 2. The van der Waals surface area contributed by atoms with Crippen molar-refractivity contribution < 1.29 is 10.0 Å². The van der Waals surface area contributed by atoms with Gasteiger partial charge in [0.2, 0.25) is 0 Å². The predicted octanol–water partition coefficient (Wildman–Crippen LogP) is 0.783. The molecule has 6 nitrogen and oxygen atoms in total. The lowest BCUT2D eigenvalue weighted by Gasteiger charge is -2.01.